The lowest BCUT2D eigenvalue weighted by molar-refractivity contribution is -0.121. The second-order valence-electron chi connectivity index (χ2n) is 4.95. The van der Waals surface area contributed by atoms with E-state index in [1.165, 1.54) is 0 Å². The molecule has 0 atom stereocenters. The summed E-state index contributed by atoms with van der Waals surface area (Å²) in [6.45, 7) is 1.34. The molecule has 2 aromatic carbocycles. The van der Waals surface area contributed by atoms with E-state index in [0.29, 0.717) is 13.0 Å². The van der Waals surface area contributed by atoms with Gasteiger partial charge in [-0.2, -0.15) is 0 Å². The van der Waals surface area contributed by atoms with Crippen molar-refractivity contribution < 1.29 is 9.53 Å². The highest BCUT2D eigenvalue weighted by molar-refractivity contribution is 5.88. The van der Waals surface area contributed by atoms with Gasteiger partial charge in [-0.05, 0) is 36.9 Å². The Morgan fingerprint density at radius 3 is 2.68 bits per heavy atom. The molecular formula is C17H23ClN2O2. The van der Waals surface area contributed by atoms with Crippen LogP contribution in [0, 0.1) is 0 Å². The van der Waals surface area contributed by atoms with Gasteiger partial charge in [-0.15, -0.1) is 12.4 Å². The highest BCUT2D eigenvalue weighted by Crippen LogP contribution is 2.27. The summed E-state index contributed by atoms with van der Waals surface area (Å²) in [6, 6.07) is 12.1. The van der Waals surface area contributed by atoms with Gasteiger partial charge in [0, 0.05) is 18.5 Å². The molecule has 0 aliphatic heterocycles. The average Bonchev–Trinajstić information content (AvgIpc) is 2.52. The van der Waals surface area contributed by atoms with Crippen molar-refractivity contribution in [2.75, 3.05) is 20.7 Å². The summed E-state index contributed by atoms with van der Waals surface area (Å²) in [4.78, 5) is 11.8. The monoisotopic (exact) mass is 322 g/mol. The molecule has 0 saturated heterocycles. The smallest absolute Gasteiger partial charge is 0.220 e. The fourth-order valence-electron chi connectivity index (χ4n) is 2.39. The number of fused-ring (bicyclic) bond motifs is 1. The summed E-state index contributed by atoms with van der Waals surface area (Å²) in [5.41, 5.74) is 1.03. The summed E-state index contributed by atoms with van der Waals surface area (Å²) in [7, 11) is 3.54. The lowest BCUT2D eigenvalue weighted by Crippen LogP contribution is -2.24. The minimum absolute atomic E-state index is 0. The van der Waals surface area contributed by atoms with Crippen molar-refractivity contribution in [1.82, 2.24) is 10.6 Å². The Balaban J connectivity index is 0.00000242. The predicted octanol–water partition coefficient (Wildman–Crippen LogP) is 2.89. The molecule has 22 heavy (non-hydrogen) atoms. The molecule has 0 saturated carbocycles. The van der Waals surface area contributed by atoms with E-state index in [1.54, 1.807) is 7.11 Å². The van der Waals surface area contributed by atoms with Gasteiger partial charge in [0.25, 0.3) is 0 Å². The number of rotatable bonds is 7. The first-order valence-corrected chi connectivity index (χ1v) is 7.22. The number of hydrogen-bond donors (Lipinski definition) is 2. The van der Waals surface area contributed by atoms with Gasteiger partial charge in [-0.1, -0.05) is 30.3 Å². The second-order valence-corrected chi connectivity index (χ2v) is 4.95. The number of nitrogens with one attached hydrogen (secondary N) is 2. The van der Waals surface area contributed by atoms with Crippen molar-refractivity contribution in [3.8, 4) is 5.75 Å². The van der Waals surface area contributed by atoms with E-state index < -0.39 is 0 Å². The molecule has 0 fully saturated rings. The molecule has 0 aliphatic carbocycles. The van der Waals surface area contributed by atoms with Crippen molar-refractivity contribution in [1.29, 1.82) is 0 Å². The van der Waals surface area contributed by atoms with E-state index in [2.05, 4.69) is 22.8 Å². The third-order valence-electron chi connectivity index (χ3n) is 3.51. The van der Waals surface area contributed by atoms with Crippen molar-refractivity contribution in [2.24, 2.45) is 0 Å². The van der Waals surface area contributed by atoms with Gasteiger partial charge in [0.1, 0.15) is 5.75 Å². The largest absolute Gasteiger partial charge is 0.496 e. The SMILES string of the molecule is CNCCCC(=O)NCc1c(OC)ccc2ccccc12.Cl. The number of hydrogen-bond acceptors (Lipinski definition) is 3. The molecule has 5 heteroatoms. The Hall–Kier alpha value is -1.78. The molecule has 120 valence electrons. The summed E-state index contributed by atoms with van der Waals surface area (Å²) in [6.07, 6.45) is 1.38. The van der Waals surface area contributed by atoms with E-state index in [9.17, 15) is 4.79 Å². The topological polar surface area (TPSA) is 50.4 Å². The van der Waals surface area contributed by atoms with E-state index in [4.69, 9.17) is 4.74 Å². The van der Waals surface area contributed by atoms with Gasteiger partial charge in [0.15, 0.2) is 0 Å². The molecule has 2 N–H and O–H groups in total. The lowest BCUT2D eigenvalue weighted by atomic mass is 10.0. The first kappa shape index (κ1) is 18.3. The molecule has 0 spiro atoms. The minimum Gasteiger partial charge on any atom is -0.496 e. The van der Waals surface area contributed by atoms with Crippen molar-refractivity contribution in [3.05, 3.63) is 42.0 Å². The summed E-state index contributed by atoms with van der Waals surface area (Å²) >= 11 is 0. The van der Waals surface area contributed by atoms with E-state index in [-0.39, 0.29) is 18.3 Å². The Morgan fingerprint density at radius 1 is 1.18 bits per heavy atom. The number of halogens is 1. The maximum absolute atomic E-state index is 11.8. The zero-order chi connectivity index (χ0) is 15.1. The second kappa shape index (κ2) is 9.28. The summed E-state index contributed by atoms with van der Waals surface area (Å²) in [5, 5.41) is 8.29. The average molecular weight is 323 g/mol. The van der Waals surface area contributed by atoms with Gasteiger partial charge >= 0.3 is 0 Å². The fourth-order valence-corrected chi connectivity index (χ4v) is 2.39. The van der Waals surface area contributed by atoms with E-state index >= 15 is 0 Å². The number of benzene rings is 2. The molecule has 1 amide bonds. The van der Waals surface area contributed by atoms with Crippen LogP contribution in [0.25, 0.3) is 10.8 Å². The molecule has 0 heterocycles. The van der Waals surface area contributed by atoms with Crippen LogP contribution >= 0.6 is 12.4 Å². The Bertz CT molecular complexity index is 617. The molecule has 0 bridgehead atoms. The first-order chi connectivity index (χ1) is 10.3. The van der Waals surface area contributed by atoms with Gasteiger partial charge < -0.3 is 15.4 Å². The van der Waals surface area contributed by atoms with Crippen LogP contribution in [0.4, 0.5) is 0 Å². The van der Waals surface area contributed by atoms with Crippen LogP contribution in [-0.2, 0) is 11.3 Å². The third kappa shape index (κ3) is 4.61. The maximum Gasteiger partial charge on any atom is 0.220 e. The number of carbonyl (C=O) groups is 1. The molecule has 0 unspecified atom stereocenters. The molecule has 0 aromatic heterocycles. The van der Waals surface area contributed by atoms with Crippen molar-refractivity contribution in [2.45, 2.75) is 19.4 Å². The number of carbonyl (C=O) groups excluding carboxylic acids is 1. The number of ether oxygens (including phenoxy) is 1. The minimum atomic E-state index is 0. The van der Waals surface area contributed by atoms with E-state index in [0.717, 1.165) is 35.1 Å². The highest BCUT2D eigenvalue weighted by Gasteiger charge is 2.09. The Kier molecular flexibility index (Phi) is 7.71. The maximum atomic E-state index is 11.8. The zero-order valence-electron chi connectivity index (χ0n) is 13.0. The summed E-state index contributed by atoms with van der Waals surface area (Å²) in [5.74, 6) is 0.879. The first-order valence-electron chi connectivity index (χ1n) is 7.22. The Morgan fingerprint density at radius 2 is 1.95 bits per heavy atom. The van der Waals surface area contributed by atoms with Gasteiger partial charge in [0.05, 0.1) is 7.11 Å². The number of amides is 1. The molecule has 2 aromatic rings. The lowest BCUT2D eigenvalue weighted by Gasteiger charge is -2.13. The number of methoxy groups -OCH3 is 1. The normalized spacial score (nSPS) is 10.1. The molecule has 2 rings (SSSR count). The fraction of sp³-hybridized carbons (Fsp3) is 0.353. The van der Waals surface area contributed by atoms with Gasteiger partial charge in [-0.25, -0.2) is 0 Å². The van der Waals surface area contributed by atoms with E-state index in [1.807, 2.05) is 31.3 Å². The highest BCUT2D eigenvalue weighted by atomic mass is 35.5. The van der Waals surface area contributed by atoms with Crippen LogP contribution in [0.15, 0.2) is 36.4 Å². The van der Waals surface area contributed by atoms with Crippen LogP contribution in [0.3, 0.4) is 0 Å². The van der Waals surface area contributed by atoms with Crippen LogP contribution < -0.4 is 15.4 Å². The Labute approximate surface area is 137 Å². The standard InChI is InChI=1S/C17H22N2O2.ClH/c1-18-11-5-8-17(20)19-12-15-14-7-4-3-6-13(14)9-10-16(15)21-2;/h3-4,6-7,9-10,18H,5,8,11-12H2,1-2H3,(H,19,20);1H. The molecule has 4 nitrogen and oxygen atoms in total. The summed E-state index contributed by atoms with van der Waals surface area (Å²) < 4.78 is 5.42. The van der Waals surface area contributed by atoms with Crippen LogP contribution in [-0.4, -0.2) is 26.6 Å². The van der Waals surface area contributed by atoms with Crippen molar-refractivity contribution >= 4 is 29.1 Å². The van der Waals surface area contributed by atoms with Crippen LogP contribution in [0.5, 0.6) is 5.75 Å². The van der Waals surface area contributed by atoms with Gasteiger partial charge in [0.2, 0.25) is 5.91 Å². The quantitative estimate of drug-likeness (QED) is 0.771. The third-order valence-corrected chi connectivity index (χ3v) is 3.51. The van der Waals surface area contributed by atoms with Crippen LogP contribution in [0.2, 0.25) is 0 Å². The molecular weight excluding hydrogens is 300 g/mol. The molecule has 0 aliphatic rings. The zero-order valence-corrected chi connectivity index (χ0v) is 13.8. The van der Waals surface area contributed by atoms with Crippen LogP contribution in [0.1, 0.15) is 18.4 Å². The van der Waals surface area contributed by atoms with Gasteiger partial charge in [-0.3, -0.25) is 4.79 Å². The predicted molar refractivity (Wildman–Crippen MR) is 92.8 cm³/mol. The molecule has 0 radical (unpaired) electrons. The van der Waals surface area contributed by atoms with Crippen molar-refractivity contribution in [3.63, 3.8) is 0 Å².